The Labute approximate surface area is 137 Å². The van der Waals surface area contributed by atoms with Crippen LogP contribution < -0.4 is 5.32 Å². The SMILES string of the molecule is O=C(Cn1nc(C(F)(F)F)c2c1CCOC2)NC1(C2CC2)CCC1. The monoisotopic (exact) mass is 343 g/mol. The number of carbonyl (C=O) groups is 1. The maximum absolute atomic E-state index is 13.1. The summed E-state index contributed by atoms with van der Waals surface area (Å²) in [7, 11) is 0. The third kappa shape index (κ3) is 2.70. The number of hydrogen-bond donors (Lipinski definition) is 1. The fourth-order valence-electron chi connectivity index (χ4n) is 3.95. The Bertz CT molecular complexity index is 660. The first kappa shape index (κ1) is 15.9. The van der Waals surface area contributed by atoms with E-state index in [-0.39, 0.29) is 30.2 Å². The van der Waals surface area contributed by atoms with Crippen LogP contribution >= 0.6 is 0 Å². The molecule has 5 nitrogen and oxygen atoms in total. The first-order valence-corrected chi connectivity index (χ1v) is 8.43. The van der Waals surface area contributed by atoms with Gasteiger partial charge < -0.3 is 10.1 Å². The Morgan fingerprint density at radius 1 is 1.38 bits per heavy atom. The van der Waals surface area contributed by atoms with Gasteiger partial charge in [0.05, 0.1) is 13.2 Å². The van der Waals surface area contributed by atoms with Crippen molar-refractivity contribution in [2.24, 2.45) is 5.92 Å². The van der Waals surface area contributed by atoms with Gasteiger partial charge in [-0.15, -0.1) is 0 Å². The molecule has 0 bridgehead atoms. The van der Waals surface area contributed by atoms with Gasteiger partial charge in [-0.05, 0) is 38.0 Å². The Morgan fingerprint density at radius 2 is 2.12 bits per heavy atom. The number of nitrogens with zero attached hydrogens (tertiary/aromatic N) is 2. The van der Waals surface area contributed by atoms with Crippen molar-refractivity contribution in [3.63, 3.8) is 0 Å². The van der Waals surface area contributed by atoms with E-state index in [2.05, 4.69) is 10.4 Å². The lowest BCUT2D eigenvalue weighted by Gasteiger charge is -2.43. The molecule has 1 aromatic heterocycles. The smallest absolute Gasteiger partial charge is 0.376 e. The summed E-state index contributed by atoms with van der Waals surface area (Å²) in [6.07, 6.45) is 1.13. The standard InChI is InChI=1S/C16H20F3N3O2/c17-16(18,19)14-11-9-24-7-4-12(11)22(21-14)8-13(23)20-15(5-1-6-15)10-2-3-10/h10H,1-9H2,(H,20,23). The van der Waals surface area contributed by atoms with Gasteiger partial charge in [0.15, 0.2) is 5.69 Å². The van der Waals surface area contributed by atoms with Crippen LogP contribution in [0.3, 0.4) is 0 Å². The fraction of sp³-hybridized carbons (Fsp3) is 0.750. The minimum atomic E-state index is -4.53. The van der Waals surface area contributed by atoms with Gasteiger partial charge in [0.2, 0.25) is 5.91 Å². The second kappa shape index (κ2) is 5.47. The van der Waals surface area contributed by atoms with Gasteiger partial charge >= 0.3 is 6.18 Å². The molecule has 0 unspecified atom stereocenters. The lowest BCUT2D eigenvalue weighted by atomic mass is 9.73. The van der Waals surface area contributed by atoms with E-state index in [0.29, 0.717) is 24.6 Å². The first-order chi connectivity index (χ1) is 11.4. The normalized spacial score (nSPS) is 22.6. The quantitative estimate of drug-likeness (QED) is 0.913. The minimum absolute atomic E-state index is 0.0714. The first-order valence-electron chi connectivity index (χ1n) is 8.43. The Kier molecular flexibility index (Phi) is 3.63. The number of alkyl halides is 3. The highest BCUT2D eigenvalue weighted by Gasteiger charge is 2.50. The molecule has 2 aliphatic carbocycles. The van der Waals surface area contributed by atoms with Gasteiger partial charge in [-0.1, -0.05) is 0 Å². The van der Waals surface area contributed by atoms with Crippen LogP contribution in [0, 0.1) is 5.92 Å². The maximum Gasteiger partial charge on any atom is 0.435 e. The summed E-state index contributed by atoms with van der Waals surface area (Å²) in [5, 5.41) is 6.77. The van der Waals surface area contributed by atoms with Crippen molar-refractivity contribution < 1.29 is 22.7 Å². The third-order valence-electron chi connectivity index (χ3n) is 5.45. The van der Waals surface area contributed by atoms with Crippen molar-refractivity contribution in [3.8, 4) is 0 Å². The zero-order valence-electron chi connectivity index (χ0n) is 13.3. The zero-order chi connectivity index (χ0) is 16.9. The van der Waals surface area contributed by atoms with Crippen LogP contribution in [0.4, 0.5) is 13.2 Å². The molecule has 24 heavy (non-hydrogen) atoms. The van der Waals surface area contributed by atoms with Crippen LogP contribution in [0.2, 0.25) is 0 Å². The summed E-state index contributed by atoms with van der Waals surface area (Å²) < 4.78 is 45.8. The predicted molar refractivity (Wildman–Crippen MR) is 78.0 cm³/mol. The highest BCUT2D eigenvalue weighted by molar-refractivity contribution is 5.77. The molecule has 1 N–H and O–H groups in total. The molecular formula is C16H20F3N3O2. The molecule has 1 aliphatic heterocycles. The second-order valence-corrected chi connectivity index (χ2v) is 7.06. The number of aromatic nitrogens is 2. The molecule has 8 heteroatoms. The molecule has 0 saturated heterocycles. The highest BCUT2D eigenvalue weighted by atomic mass is 19.4. The molecule has 132 valence electrons. The highest BCUT2D eigenvalue weighted by Crippen LogP contribution is 2.50. The summed E-state index contributed by atoms with van der Waals surface area (Å²) in [4.78, 5) is 12.4. The van der Waals surface area contributed by atoms with Crippen molar-refractivity contribution in [1.29, 1.82) is 0 Å². The molecule has 4 rings (SSSR count). The van der Waals surface area contributed by atoms with Crippen LogP contribution in [0.5, 0.6) is 0 Å². The number of nitrogens with one attached hydrogen (secondary N) is 1. The maximum atomic E-state index is 13.1. The van der Waals surface area contributed by atoms with E-state index < -0.39 is 11.9 Å². The predicted octanol–water partition coefficient (Wildman–Crippen LogP) is 2.42. The van der Waals surface area contributed by atoms with Crippen LogP contribution in [-0.4, -0.2) is 27.8 Å². The molecule has 2 saturated carbocycles. The fourth-order valence-corrected chi connectivity index (χ4v) is 3.95. The van der Waals surface area contributed by atoms with Crippen LogP contribution in [-0.2, 0) is 35.3 Å². The van der Waals surface area contributed by atoms with E-state index in [1.807, 2.05) is 0 Å². The van der Waals surface area contributed by atoms with E-state index in [1.54, 1.807) is 0 Å². The van der Waals surface area contributed by atoms with Gasteiger partial charge in [0.1, 0.15) is 6.54 Å². The Morgan fingerprint density at radius 3 is 2.71 bits per heavy atom. The number of amides is 1. The van der Waals surface area contributed by atoms with E-state index in [1.165, 1.54) is 4.68 Å². The Balaban J connectivity index is 1.54. The molecule has 2 fully saturated rings. The summed E-state index contributed by atoms with van der Waals surface area (Å²) in [5.41, 5.74) is -0.495. The van der Waals surface area contributed by atoms with E-state index >= 15 is 0 Å². The summed E-state index contributed by atoms with van der Waals surface area (Å²) in [5.74, 6) is 0.299. The van der Waals surface area contributed by atoms with Crippen LogP contribution in [0.25, 0.3) is 0 Å². The van der Waals surface area contributed by atoms with E-state index in [0.717, 1.165) is 32.1 Å². The van der Waals surface area contributed by atoms with E-state index in [9.17, 15) is 18.0 Å². The summed E-state index contributed by atoms with van der Waals surface area (Å²) in [6.45, 7) is 0.0916. The number of halogens is 3. The Hall–Kier alpha value is -1.57. The summed E-state index contributed by atoms with van der Waals surface area (Å²) >= 11 is 0. The topological polar surface area (TPSA) is 56.2 Å². The minimum Gasteiger partial charge on any atom is -0.376 e. The van der Waals surface area contributed by atoms with Gasteiger partial charge in [-0.3, -0.25) is 9.48 Å². The number of hydrogen-bond acceptors (Lipinski definition) is 3. The van der Waals surface area contributed by atoms with Crippen molar-refractivity contribution in [1.82, 2.24) is 15.1 Å². The third-order valence-corrected chi connectivity index (χ3v) is 5.45. The average molecular weight is 343 g/mol. The number of fused-ring (bicyclic) bond motifs is 1. The lowest BCUT2D eigenvalue weighted by Crippen LogP contribution is -2.56. The van der Waals surface area contributed by atoms with Crippen molar-refractivity contribution in [3.05, 3.63) is 17.0 Å². The summed E-state index contributed by atoms with van der Waals surface area (Å²) in [6, 6.07) is 0. The van der Waals surface area contributed by atoms with Crippen LogP contribution in [0.15, 0.2) is 0 Å². The molecular weight excluding hydrogens is 323 g/mol. The van der Waals surface area contributed by atoms with Gasteiger partial charge in [0, 0.05) is 23.2 Å². The largest absolute Gasteiger partial charge is 0.435 e. The number of carbonyl (C=O) groups excluding carboxylic acids is 1. The lowest BCUT2D eigenvalue weighted by molar-refractivity contribution is -0.143. The average Bonchev–Trinajstić information content (AvgIpc) is 3.25. The molecule has 0 spiro atoms. The molecule has 0 radical (unpaired) electrons. The molecule has 0 aromatic carbocycles. The van der Waals surface area contributed by atoms with Crippen molar-refractivity contribution in [2.75, 3.05) is 6.61 Å². The van der Waals surface area contributed by atoms with Gasteiger partial charge in [0.25, 0.3) is 0 Å². The van der Waals surface area contributed by atoms with Crippen molar-refractivity contribution >= 4 is 5.91 Å². The molecule has 1 amide bonds. The van der Waals surface area contributed by atoms with Crippen LogP contribution in [0.1, 0.15) is 49.1 Å². The second-order valence-electron chi connectivity index (χ2n) is 7.06. The van der Waals surface area contributed by atoms with Gasteiger partial charge in [-0.25, -0.2) is 0 Å². The molecule has 2 heterocycles. The van der Waals surface area contributed by atoms with E-state index in [4.69, 9.17) is 4.74 Å². The van der Waals surface area contributed by atoms with Gasteiger partial charge in [-0.2, -0.15) is 18.3 Å². The molecule has 1 aromatic rings. The molecule has 0 atom stereocenters. The zero-order valence-corrected chi connectivity index (χ0v) is 13.3. The molecule has 3 aliphatic rings. The number of ether oxygens (including phenoxy) is 1. The number of rotatable bonds is 4. The van der Waals surface area contributed by atoms with Crippen molar-refractivity contribution in [2.45, 2.75) is 63.4 Å².